The van der Waals surface area contributed by atoms with Gasteiger partial charge in [0.2, 0.25) is 5.91 Å². The topological polar surface area (TPSA) is 49.6 Å². The molecule has 0 saturated heterocycles. The molecule has 0 aromatic carbocycles. The van der Waals surface area contributed by atoms with Gasteiger partial charge in [0.1, 0.15) is 0 Å². The third kappa shape index (κ3) is 3.93. The molecule has 2 N–H and O–H groups in total. The summed E-state index contributed by atoms with van der Waals surface area (Å²) in [6.07, 6.45) is 8.77. The molecule has 0 radical (unpaired) electrons. The van der Waals surface area contributed by atoms with Gasteiger partial charge in [-0.3, -0.25) is 9.69 Å². The second kappa shape index (κ2) is 6.71. The van der Waals surface area contributed by atoms with Crippen molar-refractivity contribution in [3.8, 4) is 0 Å². The summed E-state index contributed by atoms with van der Waals surface area (Å²) in [4.78, 5) is 16.5. The number of hydrogen-bond donors (Lipinski definition) is 1. The van der Waals surface area contributed by atoms with Gasteiger partial charge in [-0.1, -0.05) is 19.3 Å². The molecular formula is C15H29N3O. The Morgan fingerprint density at radius 2 is 1.79 bits per heavy atom. The Morgan fingerprint density at radius 1 is 1.16 bits per heavy atom. The summed E-state index contributed by atoms with van der Waals surface area (Å²) in [6.45, 7) is 1.19. The summed E-state index contributed by atoms with van der Waals surface area (Å²) >= 11 is 0. The molecule has 0 aromatic rings. The van der Waals surface area contributed by atoms with Crippen molar-refractivity contribution in [3.63, 3.8) is 0 Å². The summed E-state index contributed by atoms with van der Waals surface area (Å²) in [5.74, 6) is 0.983. The molecule has 2 fully saturated rings. The number of rotatable bonds is 6. The molecule has 2 saturated carbocycles. The first-order valence-corrected chi connectivity index (χ1v) is 7.79. The molecule has 1 atom stereocenters. The third-order valence-electron chi connectivity index (χ3n) is 4.87. The minimum absolute atomic E-state index is 0.258. The van der Waals surface area contributed by atoms with Crippen LogP contribution in [-0.2, 0) is 4.79 Å². The molecule has 0 bridgehead atoms. The van der Waals surface area contributed by atoms with Crippen molar-refractivity contribution in [3.05, 3.63) is 0 Å². The molecule has 2 rings (SSSR count). The number of likely N-dealkylation sites (N-methyl/N-ethyl adjacent to an activating group) is 2. The molecule has 0 aromatic heterocycles. The minimum atomic E-state index is 0.258. The van der Waals surface area contributed by atoms with E-state index in [1.54, 1.807) is 0 Å². The van der Waals surface area contributed by atoms with Gasteiger partial charge in [-0.15, -0.1) is 0 Å². The first-order valence-electron chi connectivity index (χ1n) is 7.79. The molecule has 0 heterocycles. The maximum absolute atomic E-state index is 12.4. The molecule has 2 aliphatic rings. The Bertz CT molecular complexity index is 298. The predicted molar refractivity (Wildman–Crippen MR) is 77.8 cm³/mol. The maximum Gasteiger partial charge on any atom is 0.236 e. The highest BCUT2D eigenvalue weighted by molar-refractivity contribution is 5.78. The smallest absolute Gasteiger partial charge is 0.236 e. The first kappa shape index (κ1) is 14.8. The van der Waals surface area contributed by atoms with Gasteiger partial charge in [-0.2, -0.15) is 0 Å². The van der Waals surface area contributed by atoms with Crippen molar-refractivity contribution in [1.82, 2.24) is 9.80 Å². The Hall–Kier alpha value is -0.610. The fourth-order valence-corrected chi connectivity index (χ4v) is 3.33. The highest BCUT2D eigenvalue weighted by atomic mass is 16.2. The van der Waals surface area contributed by atoms with E-state index in [0.717, 1.165) is 5.92 Å². The van der Waals surface area contributed by atoms with E-state index in [0.29, 0.717) is 25.2 Å². The summed E-state index contributed by atoms with van der Waals surface area (Å²) in [5.41, 5.74) is 5.84. The monoisotopic (exact) mass is 267 g/mol. The van der Waals surface area contributed by atoms with E-state index >= 15 is 0 Å². The van der Waals surface area contributed by atoms with Crippen molar-refractivity contribution in [2.45, 2.75) is 57.0 Å². The Kier molecular flexibility index (Phi) is 5.22. The van der Waals surface area contributed by atoms with Crippen LogP contribution in [0.2, 0.25) is 0 Å². The molecule has 4 heteroatoms. The van der Waals surface area contributed by atoms with Crippen LogP contribution in [0.15, 0.2) is 0 Å². The van der Waals surface area contributed by atoms with Crippen LogP contribution in [0.1, 0.15) is 44.9 Å². The van der Waals surface area contributed by atoms with Gasteiger partial charge >= 0.3 is 0 Å². The number of hydrogen-bond acceptors (Lipinski definition) is 3. The average molecular weight is 267 g/mol. The lowest BCUT2D eigenvalue weighted by molar-refractivity contribution is -0.134. The highest BCUT2D eigenvalue weighted by Crippen LogP contribution is 2.34. The molecule has 110 valence electrons. The third-order valence-corrected chi connectivity index (χ3v) is 4.87. The van der Waals surface area contributed by atoms with E-state index < -0.39 is 0 Å². The van der Waals surface area contributed by atoms with Gasteiger partial charge in [0.05, 0.1) is 6.54 Å². The molecule has 1 amide bonds. The van der Waals surface area contributed by atoms with Gasteiger partial charge < -0.3 is 10.6 Å². The van der Waals surface area contributed by atoms with Crippen molar-refractivity contribution in [2.75, 3.05) is 27.2 Å². The molecule has 2 aliphatic carbocycles. The zero-order valence-electron chi connectivity index (χ0n) is 12.5. The van der Waals surface area contributed by atoms with Gasteiger partial charge in [-0.25, -0.2) is 0 Å². The Labute approximate surface area is 117 Å². The number of carbonyl (C=O) groups is 1. The number of amides is 1. The van der Waals surface area contributed by atoms with Crippen molar-refractivity contribution >= 4 is 5.91 Å². The van der Waals surface area contributed by atoms with Crippen LogP contribution < -0.4 is 5.73 Å². The van der Waals surface area contributed by atoms with Crippen LogP contribution in [0.25, 0.3) is 0 Å². The predicted octanol–water partition coefficient (Wildman–Crippen LogP) is 1.45. The first-order chi connectivity index (χ1) is 9.13. The van der Waals surface area contributed by atoms with Crippen LogP contribution in [0.3, 0.4) is 0 Å². The maximum atomic E-state index is 12.4. The highest BCUT2D eigenvalue weighted by Gasteiger charge is 2.34. The van der Waals surface area contributed by atoms with E-state index in [2.05, 4.69) is 4.90 Å². The van der Waals surface area contributed by atoms with Gasteiger partial charge in [0.25, 0.3) is 0 Å². The lowest BCUT2D eigenvalue weighted by atomic mass is 9.94. The van der Waals surface area contributed by atoms with Crippen molar-refractivity contribution in [1.29, 1.82) is 0 Å². The number of nitrogens with two attached hydrogens (primary N) is 1. The molecule has 19 heavy (non-hydrogen) atoms. The van der Waals surface area contributed by atoms with Crippen LogP contribution in [0, 0.1) is 5.92 Å². The van der Waals surface area contributed by atoms with E-state index in [4.69, 9.17) is 5.73 Å². The van der Waals surface area contributed by atoms with Gasteiger partial charge in [0.15, 0.2) is 0 Å². The molecule has 4 nitrogen and oxygen atoms in total. The summed E-state index contributed by atoms with van der Waals surface area (Å²) in [5, 5.41) is 0. The second-order valence-corrected chi connectivity index (χ2v) is 6.35. The molecule has 1 unspecified atom stereocenters. The van der Waals surface area contributed by atoms with Crippen molar-refractivity contribution in [2.24, 2.45) is 11.7 Å². The van der Waals surface area contributed by atoms with E-state index in [9.17, 15) is 4.79 Å². The number of carbonyl (C=O) groups excluding carboxylic acids is 1. The van der Waals surface area contributed by atoms with Crippen LogP contribution >= 0.6 is 0 Å². The fraction of sp³-hybridized carbons (Fsp3) is 0.933. The number of nitrogens with zero attached hydrogens (tertiary/aromatic N) is 2. The lowest BCUT2D eigenvalue weighted by Crippen LogP contribution is -2.48. The molecule has 0 spiro atoms. The zero-order chi connectivity index (χ0) is 13.8. The quantitative estimate of drug-likeness (QED) is 0.792. The second-order valence-electron chi connectivity index (χ2n) is 6.35. The van der Waals surface area contributed by atoms with Crippen molar-refractivity contribution < 1.29 is 4.79 Å². The van der Waals surface area contributed by atoms with E-state index in [-0.39, 0.29) is 5.91 Å². The fourth-order valence-electron chi connectivity index (χ4n) is 3.33. The Morgan fingerprint density at radius 3 is 2.32 bits per heavy atom. The Balaban J connectivity index is 1.81. The zero-order valence-corrected chi connectivity index (χ0v) is 12.5. The standard InChI is InChI=1S/C15H29N3O/c1-17(14(10-16)12-8-9-12)11-15(19)18(2)13-6-4-3-5-7-13/h12-14H,3-11,16H2,1-2H3. The summed E-state index contributed by atoms with van der Waals surface area (Å²) in [7, 11) is 4.02. The van der Waals surface area contributed by atoms with Crippen LogP contribution in [0.4, 0.5) is 0 Å². The average Bonchev–Trinajstić information content (AvgIpc) is 3.24. The molecule has 0 aliphatic heterocycles. The van der Waals surface area contributed by atoms with Gasteiger partial charge in [0, 0.05) is 25.7 Å². The summed E-state index contributed by atoms with van der Waals surface area (Å²) < 4.78 is 0. The van der Waals surface area contributed by atoms with Crippen LogP contribution in [-0.4, -0.2) is 55.0 Å². The van der Waals surface area contributed by atoms with Gasteiger partial charge in [-0.05, 0) is 38.6 Å². The lowest BCUT2D eigenvalue weighted by Gasteiger charge is -2.34. The van der Waals surface area contributed by atoms with Crippen LogP contribution in [0.5, 0.6) is 0 Å². The van der Waals surface area contributed by atoms with E-state index in [1.165, 1.54) is 44.9 Å². The minimum Gasteiger partial charge on any atom is -0.342 e. The summed E-state index contributed by atoms with van der Waals surface area (Å²) in [6, 6.07) is 0.857. The molecular weight excluding hydrogens is 238 g/mol. The normalized spacial score (nSPS) is 22.5. The largest absolute Gasteiger partial charge is 0.342 e. The SMILES string of the molecule is CN(CC(=O)N(C)C1CCCCC1)C(CN)C1CC1. The van der Waals surface area contributed by atoms with E-state index in [1.807, 2.05) is 19.0 Å².